The summed E-state index contributed by atoms with van der Waals surface area (Å²) in [6.07, 6.45) is 1.19. The zero-order chi connectivity index (χ0) is 19.8. The van der Waals surface area contributed by atoms with E-state index in [-0.39, 0.29) is 5.97 Å². The van der Waals surface area contributed by atoms with Crippen molar-refractivity contribution in [1.29, 1.82) is 0 Å². The SMILES string of the molecule is C=C(OCCOC)C(C)(C)CC(C)(CC)C(=O)Oc1ccccc1OC. The summed E-state index contributed by atoms with van der Waals surface area (Å²) in [7, 11) is 3.18. The molecule has 0 bridgehead atoms. The largest absolute Gasteiger partial charge is 0.496 e. The Kier molecular flexibility index (Phi) is 8.15. The number of hydrogen-bond acceptors (Lipinski definition) is 5. The van der Waals surface area contributed by atoms with Gasteiger partial charge in [0.25, 0.3) is 0 Å². The molecule has 0 saturated carbocycles. The van der Waals surface area contributed by atoms with Crippen molar-refractivity contribution in [3.05, 3.63) is 36.6 Å². The summed E-state index contributed by atoms with van der Waals surface area (Å²) in [5.41, 5.74) is -1.07. The van der Waals surface area contributed by atoms with E-state index in [1.165, 1.54) is 0 Å². The van der Waals surface area contributed by atoms with Gasteiger partial charge in [0.15, 0.2) is 11.5 Å². The lowest BCUT2D eigenvalue weighted by Gasteiger charge is -2.36. The standard InChI is InChI=1S/C21H32O5/c1-8-21(5,15-20(3,4)16(2)25-14-13-23-6)19(22)26-18-12-10-9-11-17(18)24-7/h9-12H,2,8,13-15H2,1,3-7H3. The minimum absolute atomic E-state index is 0.290. The number of benzene rings is 1. The van der Waals surface area contributed by atoms with Crippen LogP contribution < -0.4 is 9.47 Å². The molecule has 0 amide bonds. The van der Waals surface area contributed by atoms with Gasteiger partial charge >= 0.3 is 5.97 Å². The second kappa shape index (κ2) is 9.62. The molecule has 1 atom stereocenters. The van der Waals surface area contributed by atoms with E-state index in [4.69, 9.17) is 18.9 Å². The van der Waals surface area contributed by atoms with Crippen LogP contribution in [0.5, 0.6) is 11.5 Å². The molecule has 0 aliphatic rings. The summed E-state index contributed by atoms with van der Waals surface area (Å²) in [5.74, 6) is 1.31. The third kappa shape index (κ3) is 5.77. The number of carbonyl (C=O) groups is 1. The van der Waals surface area contributed by atoms with Crippen molar-refractivity contribution in [2.24, 2.45) is 10.8 Å². The van der Waals surface area contributed by atoms with E-state index in [2.05, 4.69) is 6.58 Å². The molecule has 1 unspecified atom stereocenters. The van der Waals surface area contributed by atoms with Gasteiger partial charge in [-0.25, -0.2) is 0 Å². The molecule has 0 aromatic heterocycles. The first-order valence-corrected chi connectivity index (χ1v) is 8.86. The molecule has 0 aliphatic heterocycles. The molecule has 0 N–H and O–H groups in total. The van der Waals surface area contributed by atoms with Crippen LogP contribution in [0.25, 0.3) is 0 Å². The Bertz CT molecular complexity index is 608. The second-order valence-electron chi connectivity index (χ2n) is 7.28. The lowest BCUT2D eigenvalue weighted by Crippen LogP contribution is -2.37. The van der Waals surface area contributed by atoms with Crippen molar-refractivity contribution in [2.45, 2.75) is 40.5 Å². The first kappa shape index (κ1) is 22.0. The number of hydrogen-bond donors (Lipinski definition) is 0. The molecule has 5 heteroatoms. The van der Waals surface area contributed by atoms with Gasteiger partial charge in [0.05, 0.1) is 24.9 Å². The summed E-state index contributed by atoms with van der Waals surface area (Å²) in [6.45, 7) is 12.9. The Morgan fingerprint density at radius 3 is 2.23 bits per heavy atom. The number of ether oxygens (including phenoxy) is 4. The fourth-order valence-corrected chi connectivity index (χ4v) is 2.79. The number of carbonyl (C=O) groups excluding carboxylic acids is 1. The van der Waals surface area contributed by atoms with Gasteiger partial charge in [0.1, 0.15) is 6.61 Å². The second-order valence-corrected chi connectivity index (χ2v) is 7.28. The molecule has 0 saturated heterocycles. The van der Waals surface area contributed by atoms with Crippen LogP contribution in [-0.4, -0.2) is 33.4 Å². The van der Waals surface area contributed by atoms with Crippen LogP contribution in [0.15, 0.2) is 36.6 Å². The summed E-state index contributed by atoms with van der Waals surface area (Å²) >= 11 is 0. The van der Waals surface area contributed by atoms with Gasteiger partial charge in [-0.15, -0.1) is 0 Å². The molecule has 1 aromatic rings. The van der Waals surface area contributed by atoms with E-state index in [9.17, 15) is 4.79 Å². The molecule has 0 fully saturated rings. The molecular weight excluding hydrogens is 332 g/mol. The minimum atomic E-state index is -0.683. The van der Waals surface area contributed by atoms with Gasteiger partial charge in [-0.1, -0.05) is 39.5 Å². The minimum Gasteiger partial charge on any atom is -0.496 e. The van der Waals surface area contributed by atoms with Crippen LogP contribution >= 0.6 is 0 Å². The van der Waals surface area contributed by atoms with Crippen molar-refractivity contribution in [1.82, 2.24) is 0 Å². The van der Waals surface area contributed by atoms with E-state index < -0.39 is 10.8 Å². The highest BCUT2D eigenvalue weighted by molar-refractivity contribution is 5.79. The van der Waals surface area contributed by atoms with E-state index in [1.54, 1.807) is 26.4 Å². The Hall–Kier alpha value is -2.01. The highest BCUT2D eigenvalue weighted by atomic mass is 16.6. The Balaban J connectivity index is 2.88. The van der Waals surface area contributed by atoms with Crippen LogP contribution in [0.1, 0.15) is 40.5 Å². The van der Waals surface area contributed by atoms with Crippen LogP contribution in [0.4, 0.5) is 0 Å². The maximum Gasteiger partial charge on any atom is 0.317 e. The van der Waals surface area contributed by atoms with Gasteiger partial charge < -0.3 is 18.9 Å². The Morgan fingerprint density at radius 1 is 1.08 bits per heavy atom. The number of esters is 1. The zero-order valence-corrected chi connectivity index (χ0v) is 16.9. The normalized spacial score (nSPS) is 13.6. The fraction of sp³-hybridized carbons (Fsp3) is 0.571. The van der Waals surface area contributed by atoms with Gasteiger partial charge in [-0.3, -0.25) is 4.79 Å². The first-order chi connectivity index (χ1) is 12.2. The average molecular weight is 364 g/mol. The van der Waals surface area contributed by atoms with E-state index in [0.29, 0.717) is 43.3 Å². The zero-order valence-electron chi connectivity index (χ0n) is 16.9. The molecule has 0 radical (unpaired) electrons. The van der Waals surface area contributed by atoms with Crippen LogP contribution in [-0.2, 0) is 14.3 Å². The molecule has 0 aliphatic carbocycles. The summed E-state index contributed by atoms with van der Waals surface area (Å²) in [4.78, 5) is 12.9. The fourth-order valence-electron chi connectivity index (χ4n) is 2.79. The van der Waals surface area contributed by atoms with Gasteiger partial charge in [0, 0.05) is 12.5 Å². The molecule has 26 heavy (non-hydrogen) atoms. The van der Waals surface area contributed by atoms with Crippen LogP contribution in [0, 0.1) is 10.8 Å². The average Bonchev–Trinajstić information content (AvgIpc) is 2.61. The highest BCUT2D eigenvalue weighted by Gasteiger charge is 2.41. The first-order valence-electron chi connectivity index (χ1n) is 8.86. The van der Waals surface area contributed by atoms with E-state index in [0.717, 1.165) is 0 Å². The predicted molar refractivity (Wildman–Crippen MR) is 102 cm³/mol. The topological polar surface area (TPSA) is 54.0 Å². The van der Waals surface area contributed by atoms with E-state index >= 15 is 0 Å². The molecule has 146 valence electrons. The van der Waals surface area contributed by atoms with Crippen molar-refractivity contribution >= 4 is 5.97 Å². The van der Waals surface area contributed by atoms with Crippen molar-refractivity contribution < 1.29 is 23.7 Å². The van der Waals surface area contributed by atoms with Crippen molar-refractivity contribution in [3.8, 4) is 11.5 Å². The summed E-state index contributed by atoms with van der Waals surface area (Å²) in [6, 6.07) is 7.13. The van der Waals surface area contributed by atoms with Crippen molar-refractivity contribution in [2.75, 3.05) is 27.4 Å². The molecule has 5 nitrogen and oxygen atoms in total. The molecule has 0 spiro atoms. The summed E-state index contributed by atoms with van der Waals surface area (Å²) < 4.78 is 21.6. The maximum absolute atomic E-state index is 12.9. The number of methoxy groups -OCH3 is 2. The van der Waals surface area contributed by atoms with Crippen molar-refractivity contribution in [3.63, 3.8) is 0 Å². The predicted octanol–water partition coefficient (Wildman–Crippen LogP) is 4.61. The number of para-hydroxylation sites is 2. The molecule has 0 heterocycles. The van der Waals surface area contributed by atoms with Crippen LogP contribution in [0.2, 0.25) is 0 Å². The lowest BCUT2D eigenvalue weighted by atomic mass is 9.71. The Labute approximate surface area is 157 Å². The Morgan fingerprint density at radius 2 is 1.69 bits per heavy atom. The highest BCUT2D eigenvalue weighted by Crippen LogP contribution is 2.42. The summed E-state index contributed by atoms with van der Waals surface area (Å²) in [5, 5.41) is 0. The van der Waals surface area contributed by atoms with Gasteiger partial charge in [-0.2, -0.15) is 0 Å². The maximum atomic E-state index is 12.9. The van der Waals surface area contributed by atoms with Crippen LogP contribution in [0.3, 0.4) is 0 Å². The molecular formula is C21H32O5. The lowest BCUT2D eigenvalue weighted by molar-refractivity contribution is -0.147. The monoisotopic (exact) mass is 364 g/mol. The third-order valence-electron chi connectivity index (χ3n) is 4.70. The van der Waals surface area contributed by atoms with Gasteiger partial charge in [-0.05, 0) is 31.9 Å². The number of allylic oxidation sites excluding steroid dienone is 1. The molecule has 1 aromatic carbocycles. The molecule has 1 rings (SSSR count). The third-order valence-corrected chi connectivity index (χ3v) is 4.70. The quantitative estimate of drug-likeness (QED) is 0.248. The smallest absolute Gasteiger partial charge is 0.317 e. The van der Waals surface area contributed by atoms with Gasteiger partial charge in [0.2, 0.25) is 0 Å². The van der Waals surface area contributed by atoms with E-state index in [1.807, 2.05) is 39.8 Å². The number of rotatable bonds is 11.